The van der Waals surface area contributed by atoms with Crippen LogP contribution in [-0.2, 0) is 0 Å². The molecule has 0 saturated carbocycles. The molecule has 0 aliphatic carbocycles. The number of thioether (sulfide) groups is 1. The van der Waals surface area contributed by atoms with Gasteiger partial charge >= 0.3 is 0 Å². The number of benzene rings is 1. The van der Waals surface area contributed by atoms with Crippen molar-refractivity contribution in [2.75, 3.05) is 12.9 Å². The minimum absolute atomic E-state index is 0.794. The molecule has 0 saturated heterocycles. The van der Waals surface area contributed by atoms with Gasteiger partial charge in [-0.05, 0) is 12.1 Å². The van der Waals surface area contributed by atoms with Crippen molar-refractivity contribution in [2.24, 2.45) is 0 Å². The van der Waals surface area contributed by atoms with E-state index < -0.39 is 0 Å². The van der Waals surface area contributed by atoms with Gasteiger partial charge in [-0.1, -0.05) is 12.1 Å². The highest BCUT2D eigenvalue weighted by atomic mass is 32.2. The summed E-state index contributed by atoms with van der Waals surface area (Å²) >= 11 is 1.73. The summed E-state index contributed by atoms with van der Waals surface area (Å²) in [5, 5.41) is 0. The van der Waals surface area contributed by atoms with E-state index in [1.165, 1.54) is 0 Å². The Morgan fingerprint density at radius 1 is 1.46 bits per heavy atom. The number of hydrogen-bond donors (Lipinski definition) is 0. The van der Waals surface area contributed by atoms with E-state index in [4.69, 9.17) is 11.2 Å². The van der Waals surface area contributed by atoms with E-state index in [-0.39, 0.29) is 0 Å². The zero-order valence-corrected chi connectivity index (χ0v) is 8.43. The molecule has 0 bridgehead atoms. The topological polar surface area (TPSA) is 9.23 Å². The van der Waals surface area contributed by atoms with Crippen molar-refractivity contribution in [2.45, 2.75) is 11.3 Å². The minimum Gasteiger partial charge on any atom is -0.496 e. The average Bonchev–Trinajstić information content (AvgIpc) is 2.19. The molecule has 0 radical (unpaired) electrons. The zero-order chi connectivity index (χ0) is 9.52. The Hall–Kier alpha value is -1.07. The SMILES string of the molecule is C#CCCSc1ccccc1OC. The van der Waals surface area contributed by atoms with Crippen LogP contribution in [0.3, 0.4) is 0 Å². The molecule has 1 aromatic rings. The fourth-order valence-electron chi connectivity index (χ4n) is 0.958. The molecule has 13 heavy (non-hydrogen) atoms. The Morgan fingerprint density at radius 3 is 2.92 bits per heavy atom. The van der Waals surface area contributed by atoms with E-state index in [9.17, 15) is 0 Å². The first-order chi connectivity index (χ1) is 6.38. The second kappa shape index (κ2) is 5.55. The predicted molar refractivity (Wildman–Crippen MR) is 57.2 cm³/mol. The lowest BCUT2D eigenvalue weighted by Crippen LogP contribution is -1.86. The number of para-hydroxylation sites is 1. The molecule has 1 aromatic carbocycles. The van der Waals surface area contributed by atoms with Crippen molar-refractivity contribution in [3.63, 3.8) is 0 Å². The molecule has 0 N–H and O–H groups in total. The van der Waals surface area contributed by atoms with Crippen molar-refractivity contribution in [3.05, 3.63) is 24.3 Å². The van der Waals surface area contributed by atoms with Crippen LogP contribution in [-0.4, -0.2) is 12.9 Å². The van der Waals surface area contributed by atoms with Crippen LogP contribution in [0.25, 0.3) is 0 Å². The molecule has 0 unspecified atom stereocenters. The van der Waals surface area contributed by atoms with Crippen LogP contribution >= 0.6 is 11.8 Å². The van der Waals surface area contributed by atoms with Crippen molar-refractivity contribution < 1.29 is 4.74 Å². The molecule has 1 nitrogen and oxygen atoms in total. The maximum Gasteiger partial charge on any atom is 0.132 e. The normalized spacial score (nSPS) is 9.23. The molecule has 0 aliphatic rings. The molecule has 2 heteroatoms. The number of hydrogen-bond acceptors (Lipinski definition) is 2. The van der Waals surface area contributed by atoms with Gasteiger partial charge in [-0.3, -0.25) is 0 Å². The van der Waals surface area contributed by atoms with E-state index in [1.54, 1.807) is 18.9 Å². The molecule has 0 atom stereocenters. The first-order valence-corrected chi connectivity index (χ1v) is 5.06. The summed E-state index contributed by atoms with van der Waals surface area (Å²) < 4.78 is 5.20. The Morgan fingerprint density at radius 2 is 2.23 bits per heavy atom. The Kier molecular flexibility index (Phi) is 4.28. The fourth-order valence-corrected chi connectivity index (χ4v) is 1.87. The van der Waals surface area contributed by atoms with E-state index in [2.05, 4.69) is 5.92 Å². The first-order valence-electron chi connectivity index (χ1n) is 4.07. The summed E-state index contributed by atoms with van der Waals surface area (Å²) in [7, 11) is 1.68. The first kappa shape index (κ1) is 10.0. The number of ether oxygens (including phenoxy) is 1. The Bertz CT molecular complexity index is 301. The van der Waals surface area contributed by atoms with E-state index in [0.717, 1.165) is 22.8 Å². The van der Waals surface area contributed by atoms with Gasteiger partial charge in [0.25, 0.3) is 0 Å². The summed E-state index contributed by atoms with van der Waals surface area (Å²) in [5.41, 5.74) is 0. The Labute approximate surface area is 83.5 Å². The standard InChI is InChI=1S/C11H12OS/c1-3-4-9-13-11-8-6-5-7-10(11)12-2/h1,5-8H,4,9H2,2H3. The average molecular weight is 192 g/mol. The van der Waals surface area contributed by atoms with Crippen molar-refractivity contribution in [1.82, 2.24) is 0 Å². The maximum atomic E-state index is 5.20. The van der Waals surface area contributed by atoms with Crippen LogP contribution in [0.15, 0.2) is 29.2 Å². The number of terminal acetylenes is 1. The molecule has 0 aliphatic heterocycles. The third-order valence-corrected chi connectivity index (χ3v) is 2.63. The van der Waals surface area contributed by atoms with Crippen LogP contribution < -0.4 is 4.74 Å². The fraction of sp³-hybridized carbons (Fsp3) is 0.273. The lowest BCUT2D eigenvalue weighted by molar-refractivity contribution is 0.405. The molecular formula is C11H12OS. The lowest BCUT2D eigenvalue weighted by Gasteiger charge is -2.05. The molecule has 1 rings (SSSR count). The van der Waals surface area contributed by atoms with Gasteiger partial charge in [-0.25, -0.2) is 0 Å². The predicted octanol–water partition coefficient (Wildman–Crippen LogP) is 2.81. The van der Waals surface area contributed by atoms with Crippen LogP contribution in [0.4, 0.5) is 0 Å². The van der Waals surface area contributed by atoms with E-state index in [1.807, 2.05) is 24.3 Å². The minimum atomic E-state index is 0.794. The summed E-state index contributed by atoms with van der Waals surface area (Å²) in [4.78, 5) is 1.15. The van der Waals surface area contributed by atoms with Gasteiger partial charge < -0.3 is 4.74 Å². The molecule has 0 fully saturated rings. The third-order valence-electron chi connectivity index (χ3n) is 1.57. The largest absolute Gasteiger partial charge is 0.496 e. The molecular weight excluding hydrogens is 180 g/mol. The summed E-state index contributed by atoms with van der Waals surface area (Å²) in [6.07, 6.45) is 5.96. The molecule has 0 heterocycles. The van der Waals surface area contributed by atoms with E-state index >= 15 is 0 Å². The molecule has 0 aromatic heterocycles. The van der Waals surface area contributed by atoms with Gasteiger partial charge in [0, 0.05) is 17.1 Å². The highest BCUT2D eigenvalue weighted by Gasteiger charge is 2.00. The highest BCUT2D eigenvalue weighted by molar-refractivity contribution is 7.99. The highest BCUT2D eigenvalue weighted by Crippen LogP contribution is 2.28. The zero-order valence-electron chi connectivity index (χ0n) is 7.62. The van der Waals surface area contributed by atoms with Crippen LogP contribution in [0.5, 0.6) is 5.75 Å². The van der Waals surface area contributed by atoms with Gasteiger partial charge in [0.2, 0.25) is 0 Å². The van der Waals surface area contributed by atoms with Crippen LogP contribution in [0.1, 0.15) is 6.42 Å². The number of rotatable bonds is 4. The lowest BCUT2D eigenvalue weighted by atomic mass is 10.3. The second-order valence-corrected chi connectivity index (χ2v) is 3.59. The van der Waals surface area contributed by atoms with Gasteiger partial charge in [-0.2, -0.15) is 0 Å². The second-order valence-electron chi connectivity index (χ2n) is 2.45. The van der Waals surface area contributed by atoms with Crippen LogP contribution in [0.2, 0.25) is 0 Å². The maximum absolute atomic E-state index is 5.20. The van der Waals surface area contributed by atoms with Crippen LogP contribution in [0, 0.1) is 12.3 Å². The van der Waals surface area contributed by atoms with Crippen molar-refractivity contribution in [1.29, 1.82) is 0 Å². The number of methoxy groups -OCH3 is 1. The van der Waals surface area contributed by atoms with Crippen molar-refractivity contribution >= 4 is 11.8 Å². The van der Waals surface area contributed by atoms with Gasteiger partial charge in [0.05, 0.1) is 7.11 Å². The molecule has 0 spiro atoms. The molecule has 68 valence electrons. The Balaban J connectivity index is 2.60. The summed E-state index contributed by atoms with van der Waals surface area (Å²) in [6.45, 7) is 0. The monoisotopic (exact) mass is 192 g/mol. The van der Waals surface area contributed by atoms with Gasteiger partial charge in [0.15, 0.2) is 0 Å². The van der Waals surface area contributed by atoms with Gasteiger partial charge in [0.1, 0.15) is 5.75 Å². The summed E-state index contributed by atoms with van der Waals surface area (Å²) in [5.74, 6) is 4.48. The smallest absolute Gasteiger partial charge is 0.132 e. The summed E-state index contributed by atoms with van der Waals surface area (Å²) in [6, 6.07) is 7.96. The van der Waals surface area contributed by atoms with Crippen molar-refractivity contribution in [3.8, 4) is 18.1 Å². The molecule has 0 amide bonds. The quantitative estimate of drug-likeness (QED) is 0.412. The third kappa shape index (κ3) is 3.04. The van der Waals surface area contributed by atoms with Gasteiger partial charge in [-0.15, -0.1) is 24.1 Å². The van der Waals surface area contributed by atoms with E-state index in [0.29, 0.717) is 0 Å².